The minimum atomic E-state index is -0.880. The van der Waals surface area contributed by atoms with E-state index < -0.39 is 11.9 Å². The summed E-state index contributed by atoms with van der Waals surface area (Å²) in [6.07, 6.45) is 0. The van der Waals surface area contributed by atoms with Crippen LogP contribution in [0.15, 0.2) is 18.2 Å². The average molecular weight is 215 g/mol. The Balaban J connectivity index is 3.08. The van der Waals surface area contributed by atoms with Crippen LogP contribution in [0.3, 0.4) is 0 Å². The first-order chi connectivity index (χ1) is 6.54. The van der Waals surface area contributed by atoms with Gasteiger partial charge >= 0.3 is 5.97 Å². The molecule has 0 saturated heterocycles. The minimum Gasteiger partial charge on any atom is -0.497 e. The molecule has 0 aromatic heterocycles. The minimum absolute atomic E-state index is 0.479. The lowest BCUT2D eigenvalue weighted by atomic mass is 10.0. The third-order valence-electron chi connectivity index (χ3n) is 2.00. The van der Waals surface area contributed by atoms with Crippen molar-refractivity contribution in [1.82, 2.24) is 0 Å². The first kappa shape index (κ1) is 10.9. The highest BCUT2D eigenvalue weighted by molar-refractivity contribution is 6.30. The van der Waals surface area contributed by atoms with Gasteiger partial charge in [0, 0.05) is 5.02 Å². The van der Waals surface area contributed by atoms with E-state index in [0.717, 1.165) is 0 Å². The van der Waals surface area contributed by atoms with Gasteiger partial charge in [0.25, 0.3) is 0 Å². The number of methoxy groups -OCH3 is 1. The molecule has 0 aliphatic carbocycles. The van der Waals surface area contributed by atoms with E-state index in [1.54, 1.807) is 25.1 Å². The van der Waals surface area contributed by atoms with E-state index in [9.17, 15) is 4.79 Å². The van der Waals surface area contributed by atoms with Gasteiger partial charge in [-0.3, -0.25) is 4.79 Å². The van der Waals surface area contributed by atoms with Crippen LogP contribution >= 0.6 is 11.6 Å². The van der Waals surface area contributed by atoms with Gasteiger partial charge in [-0.05, 0) is 30.7 Å². The van der Waals surface area contributed by atoms with Gasteiger partial charge in [0.05, 0.1) is 13.0 Å². The molecule has 0 heterocycles. The zero-order valence-corrected chi connectivity index (χ0v) is 8.71. The van der Waals surface area contributed by atoms with Crippen LogP contribution in [-0.2, 0) is 4.79 Å². The van der Waals surface area contributed by atoms with E-state index in [1.807, 2.05) is 0 Å². The lowest BCUT2D eigenvalue weighted by molar-refractivity contribution is -0.138. The van der Waals surface area contributed by atoms with Gasteiger partial charge in [0.1, 0.15) is 5.75 Å². The second kappa shape index (κ2) is 4.33. The average Bonchev–Trinajstić information content (AvgIpc) is 2.15. The summed E-state index contributed by atoms with van der Waals surface area (Å²) in [7, 11) is 1.51. The number of carboxylic acids is 1. The Labute approximate surface area is 87.3 Å². The van der Waals surface area contributed by atoms with Gasteiger partial charge < -0.3 is 9.84 Å². The van der Waals surface area contributed by atoms with E-state index in [-0.39, 0.29) is 0 Å². The fourth-order valence-electron chi connectivity index (χ4n) is 1.09. The molecule has 3 nitrogen and oxygen atoms in total. The number of halogens is 1. The van der Waals surface area contributed by atoms with Crippen LogP contribution in [0, 0.1) is 0 Å². The van der Waals surface area contributed by atoms with Crippen molar-refractivity contribution in [2.24, 2.45) is 0 Å². The SMILES string of the molecule is COc1cc(Cl)cc(C(C)C(=O)O)c1. The van der Waals surface area contributed by atoms with Gasteiger partial charge in [-0.1, -0.05) is 11.6 Å². The second-order valence-electron chi connectivity index (χ2n) is 2.98. The topological polar surface area (TPSA) is 46.5 Å². The first-order valence-corrected chi connectivity index (χ1v) is 4.49. The molecule has 1 atom stereocenters. The zero-order valence-electron chi connectivity index (χ0n) is 7.95. The zero-order chi connectivity index (χ0) is 10.7. The Morgan fingerprint density at radius 3 is 2.64 bits per heavy atom. The van der Waals surface area contributed by atoms with Gasteiger partial charge in [-0.25, -0.2) is 0 Å². The molecule has 0 amide bonds. The van der Waals surface area contributed by atoms with Crippen molar-refractivity contribution in [3.05, 3.63) is 28.8 Å². The molecule has 1 rings (SSSR count). The van der Waals surface area contributed by atoms with Crippen molar-refractivity contribution < 1.29 is 14.6 Å². The van der Waals surface area contributed by atoms with Crippen LogP contribution in [0.1, 0.15) is 18.4 Å². The molecule has 1 unspecified atom stereocenters. The molecule has 0 radical (unpaired) electrons. The molecule has 1 aromatic carbocycles. The number of rotatable bonds is 3. The van der Waals surface area contributed by atoms with Gasteiger partial charge in [0.2, 0.25) is 0 Å². The summed E-state index contributed by atoms with van der Waals surface area (Å²) in [5.41, 5.74) is 0.641. The number of hydrogen-bond donors (Lipinski definition) is 1. The highest BCUT2D eigenvalue weighted by Crippen LogP contribution is 2.25. The van der Waals surface area contributed by atoms with Crippen LogP contribution < -0.4 is 4.74 Å². The predicted octanol–water partition coefficient (Wildman–Crippen LogP) is 2.54. The smallest absolute Gasteiger partial charge is 0.310 e. The summed E-state index contributed by atoms with van der Waals surface area (Å²) in [4.78, 5) is 10.7. The highest BCUT2D eigenvalue weighted by Gasteiger charge is 2.14. The molecule has 0 aliphatic heterocycles. The van der Waals surface area contributed by atoms with E-state index in [0.29, 0.717) is 16.3 Å². The van der Waals surface area contributed by atoms with E-state index in [2.05, 4.69) is 0 Å². The van der Waals surface area contributed by atoms with Crippen LogP contribution in [0.25, 0.3) is 0 Å². The monoisotopic (exact) mass is 214 g/mol. The van der Waals surface area contributed by atoms with Crippen molar-refractivity contribution in [2.75, 3.05) is 7.11 Å². The standard InChI is InChI=1S/C10H11ClO3/c1-6(10(12)13)7-3-8(11)5-9(4-7)14-2/h3-6H,1-2H3,(H,12,13). The van der Waals surface area contributed by atoms with Gasteiger partial charge in [0.15, 0.2) is 0 Å². The van der Waals surface area contributed by atoms with Crippen LogP contribution in [0.5, 0.6) is 5.75 Å². The molecule has 4 heteroatoms. The molecular formula is C10H11ClO3. The Bertz CT molecular complexity index is 349. The second-order valence-corrected chi connectivity index (χ2v) is 3.42. The molecular weight excluding hydrogens is 204 g/mol. The number of ether oxygens (including phenoxy) is 1. The number of benzene rings is 1. The summed E-state index contributed by atoms with van der Waals surface area (Å²) in [5.74, 6) is -0.891. The molecule has 0 fully saturated rings. The Hall–Kier alpha value is -1.22. The van der Waals surface area contributed by atoms with Crippen molar-refractivity contribution in [1.29, 1.82) is 0 Å². The fourth-order valence-corrected chi connectivity index (χ4v) is 1.33. The lowest BCUT2D eigenvalue weighted by Crippen LogP contribution is -2.07. The van der Waals surface area contributed by atoms with Crippen LogP contribution in [0.2, 0.25) is 5.02 Å². The summed E-state index contributed by atoms with van der Waals surface area (Å²) in [5, 5.41) is 9.29. The molecule has 0 bridgehead atoms. The molecule has 0 aliphatic rings. The lowest BCUT2D eigenvalue weighted by Gasteiger charge is -2.09. The quantitative estimate of drug-likeness (QED) is 0.841. The Morgan fingerprint density at radius 2 is 2.14 bits per heavy atom. The molecule has 1 aromatic rings. The van der Waals surface area contributed by atoms with Crippen molar-refractivity contribution in [3.63, 3.8) is 0 Å². The van der Waals surface area contributed by atoms with E-state index in [1.165, 1.54) is 7.11 Å². The molecule has 0 spiro atoms. The normalized spacial score (nSPS) is 12.2. The number of aliphatic carboxylic acids is 1. The number of carboxylic acid groups (broad SMARTS) is 1. The first-order valence-electron chi connectivity index (χ1n) is 4.12. The summed E-state index contributed by atoms with van der Waals surface area (Å²) in [6.45, 7) is 1.60. The van der Waals surface area contributed by atoms with Crippen molar-refractivity contribution in [2.45, 2.75) is 12.8 Å². The molecule has 1 N–H and O–H groups in total. The summed E-state index contributed by atoms with van der Waals surface area (Å²) in [6, 6.07) is 4.94. The number of hydrogen-bond acceptors (Lipinski definition) is 2. The third kappa shape index (κ3) is 2.39. The van der Waals surface area contributed by atoms with Gasteiger partial charge in [-0.15, -0.1) is 0 Å². The Kier molecular flexibility index (Phi) is 3.36. The maximum atomic E-state index is 10.7. The molecule has 76 valence electrons. The predicted molar refractivity (Wildman–Crippen MR) is 54.1 cm³/mol. The van der Waals surface area contributed by atoms with Crippen LogP contribution in [0.4, 0.5) is 0 Å². The fraction of sp³-hybridized carbons (Fsp3) is 0.300. The largest absolute Gasteiger partial charge is 0.497 e. The summed E-state index contributed by atoms with van der Waals surface area (Å²) >= 11 is 5.80. The maximum Gasteiger partial charge on any atom is 0.310 e. The van der Waals surface area contributed by atoms with E-state index >= 15 is 0 Å². The van der Waals surface area contributed by atoms with Gasteiger partial charge in [-0.2, -0.15) is 0 Å². The number of carbonyl (C=O) groups is 1. The van der Waals surface area contributed by atoms with E-state index in [4.69, 9.17) is 21.4 Å². The van der Waals surface area contributed by atoms with Crippen molar-refractivity contribution >= 4 is 17.6 Å². The van der Waals surface area contributed by atoms with Crippen molar-refractivity contribution in [3.8, 4) is 5.75 Å². The molecule has 0 saturated carbocycles. The van der Waals surface area contributed by atoms with Crippen LogP contribution in [-0.4, -0.2) is 18.2 Å². The Morgan fingerprint density at radius 1 is 1.50 bits per heavy atom. The maximum absolute atomic E-state index is 10.7. The summed E-state index contributed by atoms with van der Waals surface area (Å²) < 4.78 is 4.99. The third-order valence-corrected chi connectivity index (χ3v) is 2.22. The highest BCUT2D eigenvalue weighted by atomic mass is 35.5. The molecule has 14 heavy (non-hydrogen) atoms.